The van der Waals surface area contributed by atoms with Crippen LogP contribution in [0.1, 0.15) is 31.2 Å². The summed E-state index contributed by atoms with van der Waals surface area (Å²) in [5.74, 6) is -0.315. The third-order valence-corrected chi connectivity index (χ3v) is 7.12. The third-order valence-electron chi connectivity index (χ3n) is 5.97. The summed E-state index contributed by atoms with van der Waals surface area (Å²) in [7, 11) is 0. The average Bonchev–Trinajstić information content (AvgIpc) is 3.34. The molecule has 0 fully saturated rings. The van der Waals surface area contributed by atoms with Crippen molar-refractivity contribution >= 4 is 44.6 Å². The van der Waals surface area contributed by atoms with E-state index in [4.69, 9.17) is 4.74 Å². The molecular weight excluding hydrogens is 514 g/mol. The lowest BCUT2D eigenvalue weighted by molar-refractivity contribution is -0.385. The molecule has 0 spiro atoms. The highest BCUT2D eigenvalue weighted by Crippen LogP contribution is 2.38. The maximum atomic E-state index is 13.3. The number of carbonyl (C=O) groups excluding carboxylic acids is 2. The second kappa shape index (κ2) is 11.6. The summed E-state index contributed by atoms with van der Waals surface area (Å²) < 4.78 is 7.08. The number of nitro groups is 1. The van der Waals surface area contributed by atoms with Gasteiger partial charge in [0.1, 0.15) is 17.0 Å². The fourth-order valence-corrected chi connectivity index (χ4v) is 5.15. The second-order valence-corrected chi connectivity index (χ2v) is 9.69. The lowest BCUT2D eigenvalue weighted by Crippen LogP contribution is -2.22. The largest absolute Gasteiger partial charge is 0.487 e. The molecule has 0 radical (unpaired) electrons. The van der Waals surface area contributed by atoms with Crippen LogP contribution >= 0.6 is 11.3 Å². The van der Waals surface area contributed by atoms with Crippen molar-refractivity contribution in [2.75, 3.05) is 5.32 Å². The van der Waals surface area contributed by atoms with Crippen LogP contribution < -0.4 is 15.4 Å². The fraction of sp³-hybridized carbons (Fsp3) is 0.0667. The summed E-state index contributed by atoms with van der Waals surface area (Å²) in [6.07, 6.45) is 0. The van der Waals surface area contributed by atoms with Gasteiger partial charge in [-0.2, -0.15) is 0 Å². The van der Waals surface area contributed by atoms with Crippen LogP contribution in [-0.4, -0.2) is 16.7 Å². The Bertz CT molecular complexity index is 1670. The normalized spacial score (nSPS) is 10.7. The molecule has 0 aliphatic heterocycles. The summed E-state index contributed by atoms with van der Waals surface area (Å²) in [5, 5.41) is 17.8. The Balaban J connectivity index is 1.29. The molecule has 39 heavy (non-hydrogen) atoms. The number of benzene rings is 4. The predicted molar refractivity (Wildman–Crippen MR) is 151 cm³/mol. The van der Waals surface area contributed by atoms with E-state index in [0.717, 1.165) is 21.2 Å². The van der Waals surface area contributed by atoms with Crippen LogP contribution in [0.3, 0.4) is 0 Å². The van der Waals surface area contributed by atoms with E-state index in [-0.39, 0.29) is 23.7 Å². The quantitative estimate of drug-likeness (QED) is 0.163. The Kier molecular flexibility index (Phi) is 7.60. The van der Waals surface area contributed by atoms with Gasteiger partial charge in [0.15, 0.2) is 5.75 Å². The Hall–Kier alpha value is -5.02. The van der Waals surface area contributed by atoms with Crippen molar-refractivity contribution in [3.8, 4) is 5.75 Å². The van der Waals surface area contributed by atoms with Crippen LogP contribution in [0.25, 0.3) is 10.1 Å². The molecule has 0 atom stereocenters. The maximum Gasteiger partial charge on any atom is 0.282 e. The number of nitro benzene ring substituents is 1. The highest BCUT2D eigenvalue weighted by molar-refractivity contribution is 7.21. The number of para-hydroxylation sites is 1. The summed E-state index contributed by atoms with van der Waals surface area (Å²) in [6.45, 7) is 0.545. The van der Waals surface area contributed by atoms with Gasteiger partial charge in [-0.3, -0.25) is 19.7 Å². The molecule has 0 bridgehead atoms. The van der Waals surface area contributed by atoms with Crippen LogP contribution in [0.15, 0.2) is 103 Å². The zero-order valence-corrected chi connectivity index (χ0v) is 21.4. The summed E-state index contributed by atoms with van der Waals surface area (Å²) >= 11 is 1.37. The number of thiophene rings is 1. The lowest BCUT2D eigenvalue weighted by atomic mass is 10.1. The zero-order chi connectivity index (χ0) is 27.2. The first-order chi connectivity index (χ1) is 19.0. The van der Waals surface area contributed by atoms with Crippen molar-refractivity contribution in [1.29, 1.82) is 0 Å². The van der Waals surface area contributed by atoms with E-state index >= 15 is 0 Å². The van der Waals surface area contributed by atoms with Crippen LogP contribution in [-0.2, 0) is 13.2 Å². The minimum absolute atomic E-state index is 0.0333. The van der Waals surface area contributed by atoms with E-state index in [9.17, 15) is 19.7 Å². The first kappa shape index (κ1) is 25.6. The lowest BCUT2D eigenvalue weighted by Gasteiger charge is -2.10. The number of hydrogen-bond acceptors (Lipinski definition) is 6. The molecule has 194 valence electrons. The highest BCUT2D eigenvalue weighted by Gasteiger charge is 2.21. The molecule has 5 aromatic rings. The minimum Gasteiger partial charge on any atom is -0.487 e. The number of hydrogen-bond donors (Lipinski definition) is 2. The molecule has 0 saturated carbocycles. The molecule has 8 nitrogen and oxygen atoms in total. The number of ether oxygens (including phenoxy) is 1. The molecule has 5 rings (SSSR count). The topological polar surface area (TPSA) is 111 Å². The molecule has 4 aromatic carbocycles. The first-order valence-corrected chi connectivity index (χ1v) is 12.9. The number of amides is 2. The van der Waals surface area contributed by atoms with Gasteiger partial charge in [-0.15, -0.1) is 11.3 Å². The van der Waals surface area contributed by atoms with Gasteiger partial charge in [0.05, 0.1) is 4.92 Å². The number of fused-ring (bicyclic) bond motifs is 1. The molecule has 0 saturated heterocycles. The Labute approximate surface area is 228 Å². The SMILES string of the molecule is O=C(Nc1cccc(CNC(=O)c2sc3ccccc3c2OCc2ccccc2)c1)c1ccccc1[N+](=O)[O-]. The Morgan fingerprint density at radius 1 is 0.821 bits per heavy atom. The standard InChI is InChI=1S/C30H23N3O5S/c34-29(23-13-4-6-15-25(23)33(36)37)32-22-12-8-11-21(17-22)18-31-30(35)28-27(24-14-5-7-16-26(24)39-28)38-19-20-9-2-1-3-10-20/h1-17H,18-19H2,(H,31,35)(H,32,34). The van der Waals surface area contributed by atoms with Gasteiger partial charge in [0.25, 0.3) is 17.5 Å². The summed E-state index contributed by atoms with van der Waals surface area (Å²) in [4.78, 5) is 37.1. The van der Waals surface area contributed by atoms with Gasteiger partial charge in [-0.05, 0) is 41.5 Å². The Morgan fingerprint density at radius 3 is 2.36 bits per heavy atom. The van der Waals surface area contributed by atoms with Gasteiger partial charge >= 0.3 is 0 Å². The van der Waals surface area contributed by atoms with Crippen LogP contribution in [0.2, 0.25) is 0 Å². The minimum atomic E-state index is -0.591. The number of nitrogens with zero attached hydrogens (tertiary/aromatic N) is 1. The molecule has 2 N–H and O–H groups in total. The molecule has 0 unspecified atom stereocenters. The van der Waals surface area contributed by atoms with Gasteiger partial charge in [-0.25, -0.2) is 0 Å². The van der Waals surface area contributed by atoms with Crippen molar-refractivity contribution in [2.45, 2.75) is 13.2 Å². The van der Waals surface area contributed by atoms with E-state index in [1.807, 2.05) is 60.7 Å². The summed E-state index contributed by atoms with van der Waals surface area (Å²) in [6, 6.07) is 30.2. The van der Waals surface area contributed by atoms with E-state index in [1.165, 1.54) is 29.5 Å². The van der Waals surface area contributed by atoms with Crippen molar-refractivity contribution in [1.82, 2.24) is 5.32 Å². The van der Waals surface area contributed by atoms with E-state index in [2.05, 4.69) is 10.6 Å². The number of anilines is 1. The monoisotopic (exact) mass is 537 g/mol. The Morgan fingerprint density at radius 2 is 1.54 bits per heavy atom. The maximum absolute atomic E-state index is 13.3. The predicted octanol–water partition coefficient (Wildman–Crippen LogP) is 6.57. The number of nitrogens with one attached hydrogen (secondary N) is 2. The smallest absolute Gasteiger partial charge is 0.282 e. The van der Waals surface area contributed by atoms with Gasteiger partial charge in [0, 0.05) is 28.4 Å². The summed E-state index contributed by atoms with van der Waals surface area (Å²) in [5.41, 5.74) is 1.90. The fourth-order valence-electron chi connectivity index (χ4n) is 4.09. The van der Waals surface area contributed by atoms with Crippen LogP contribution in [0.4, 0.5) is 11.4 Å². The third kappa shape index (κ3) is 5.94. The van der Waals surface area contributed by atoms with Crippen LogP contribution in [0.5, 0.6) is 5.75 Å². The van der Waals surface area contributed by atoms with Gasteiger partial charge in [-0.1, -0.05) is 66.7 Å². The number of carbonyl (C=O) groups is 2. The van der Waals surface area contributed by atoms with Crippen molar-refractivity contribution in [3.63, 3.8) is 0 Å². The van der Waals surface area contributed by atoms with Crippen molar-refractivity contribution in [3.05, 3.63) is 135 Å². The van der Waals surface area contributed by atoms with E-state index < -0.39 is 10.8 Å². The van der Waals surface area contributed by atoms with Crippen LogP contribution in [0, 0.1) is 10.1 Å². The molecule has 0 aliphatic carbocycles. The van der Waals surface area contributed by atoms with E-state index in [0.29, 0.717) is 22.9 Å². The molecular formula is C30H23N3O5S. The number of rotatable bonds is 9. The average molecular weight is 538 g/mol. The first-order valence-electron chi connectivity index (χ1n) is 12.1. The molecule has 0 aliphatic rings. The molecule has 1 heterocycles. The van der Waals surface area contributed by atoms with Crippen molar-refractivity contribution in [2.24, 2.45) is 0 Å². The van der Waals surface area contributed by atoms with Gasteiger partial charge in [0.2, 0.25) is 0 Å². The second-order valence-electron chi connectivity index (χ2n) is 8.64. The molecule has 9 heteroatoms. The van der Waals surface area contributed by atoms with Gasteiger partial charge < -0.3 is 15.4 Å². The highest BCUT2D eigenvalue weighted by atomic mass is 32.1. The zero-order valence-electron chi connectivity index (χ0n) is 20.6. The molecule has 1 aromatic heterocycles. The molecule has 2 amide bonds. The van der Waals surface area contributed by atoms with E-state index in [1.54, 1.807) is 24.3 Å². The van der Waals surface area contributed by atoms with Crippen molar-refractivity contribution < 1.29 is 19.2 Å².